The summed E-state index contributed by atoms with van der Waals surface area (Å²) in [5.41, 5.74) is 0.474. The quantitative estimate of drug-likeness (QED) is 0.661. The summed E-state index contributed by atoms with van der Waals surface area (Å²) in [6.45, 7) is 13.7. The van der Waals surface area contributed by atoms with Crippen molar-refractivity contribution >= 4 is 5.78 Å². The molecule has 1 rings (SSSR count). The van der Waals surface area contributed by atoms with Gasteiger partial charge in [-0.25, -0.2) is 0 Å². The van der Waals surface area contributed by atoms with Crippen molar-refractivity contribution < 1.29 is 4.79 Å². The van der Waals surface area contributed by atoms with Crippen LogP contribution in [-0.2, 0) is 0 Å². The highest BCUT2D eigenvalue weighted by molar-refractivity contribution is 6.00. The molecule has 0 N–H and O–H groups in total. The normalized spacial score (nSPS) is 13.5. The van der Waals surface area contributed by atoms with Crippen molar-refractivity contribution in [3.63, 3.8) is 0 Å². The highest BCUT2D eigenvalue weighted by Crippen LogP contribution is 2.24. The van der Waals surface area contributed by atoms with Crippen LogP contribution in [0.2, 0.25) is 0 Å². The summed E-state index contributed by atoms with van der Waals surface area (Å²) in [4.78, 5) is 15.0. The van der Waals surface area contributed by atoms with E-state index < -0.39 is 0 Å². The Balaban J connectivity index is 2.74. The van der Waals surface area contributed by atoms with Crippen LogP contribution in [0.3, 0.4) is 0 Å². The number of Topliss-reactive ketones (excluding diaryl/α,β-unsaturated/α-hetero) is 1. The molecule has 0 bridgehead atoms. The minimum absolute atomic E-state index is 0.237. The van der Waals surface area contributed by atoms with E-state index in [2.05, 4.69) is 39.5 Å². The molecule has 1 aromatic rings. The zero-order valence-corrected chi connectivity index (χ0v) is 13.6. The van der Waals surface area contributed by atoms with E-state index in [-0.39, 0.29) is 11.2 Å². The summed E-state index contributed by atoms with van der Waals surface area (Å²) in [5, 5.41) is 0. The van der Waals surface area contributed by atoms with Crippen molar-refractivity contribution in [3.8, 4) is 0 Å². The zero-order valence-electron chi connectivity index (χ0n) is 13.6. The molecule has 0 aliphatic rings. The van der Waals surface area contributed by atoms with Gasteiger partial charge in [-0.05, 0) is 12.5 Å². The van der Waals surface area contributed by atoms with Crippen LogP contribution in [0.25, 0.3) is 0 Å². The smallest absolute Gasteiger partial charge is 0.169 e. The standard InChI is InChI=1S/C18H29NO/c1-6-15(3)13-19(7-2)14-18(4,5)17(20)16-11-9-8-10-12-16/h8-12,15H,6-7,13-14H2,1-5H3. The second-order valence-corrected chi connectivity index (χ2v) is 6.42. The van der Waals surface area contributed by atoms with Crippen molar-refractivity contribution in [1.82, 2.24) is 4.90 Å². The van der Waals surface area contributed by atoms with Crippen molar-refractivity contribution in [2.24, 2.45) is 11.3 Å². The molecule has 0 fully saturated rings. The molecule has 0 spiro atoms. The Bertz CT molecular complexity index is 411. The lowest BCUT2D eigenvalue weighted by atomic mass is 9.83. The first-order valence-electron chi connectivity index (χ1n) is 7.73. The van der Waals surface area contributed by atoms with Crippen molar-refractivity contribution in [1.29, 1.82) is 0 Å². The fourth-order valence-electron chi connectivity index (χ4n) is 2.49. The summed E-state index contributed by atoms with van der Waals surface area (Å²) in [5.74, 6) is 0.915. The highest BCUT2D eigenvalue weighted by atomic mass is 16.1. The van der Waals surface area contributed by atoms with Crippen LogP contribution in [-0.4, -0.2) is 30.3 Å². The third-order valence-electron chi connectivity index (χ3n) is 3.98. The van der Waals surface area contributed by atoms with Crippen LogP contribution < -0.4 is 0 Å². The van der Waals surface area contributed by atoms with Gasteiger partial charge < -0.3 is 4.90 Å². The number of nitrogens with zero attached hydrogens (tertiary/aromatic N) is 1. The number of carbonyl (C=O) groups is 1. The van der Waals surface area contributed by atoms with Gasteiger partial charge in [0, 0.05) is 24.1 Å². The SMILES string of the molecule is CCC(C)CN(CC)CC(C)(C)C(=O)c1ccccc1. The first kappa shape index (κ1) is 16.9. The van der Waals surface area contributed by atoms with Crippen LogP contribution in [0.1, 0.15) is 51.4 Å². The molecule has 0 aliphatic carbocycles. The summed E-state index contributed by atoms with van der Waals surface area (Å²) >= 11 is 0. The monoisotopic (exact) mass is 275 g/mol. The summed E-state index contributed by atoms with van der Waals surface area (Å²) in [7, 11) is 0. The first-order valence-corrected chi connectivity index (χ1v) is 7.73. The molecule has 0 saturated carbocycles. The molecule has 1 unspecified atom stereocenters. The van der Waals surface area contributed by atoms with Gasteiger partial charge in [0.25, 0.3) is 0 Å². The Kier molecular flexibility index (Phi) is 6.41. The lowest BCUT2D eigenvalue weighted by Gasteiger charge is -2.32. The number of hydrogen-bond acceptors (Lipinski definition) is 2. The van der Waals surface area contributed by atoms with Crippen LogP contribution in [0, 0.1) is 11.3 Å². The van der Waals surface area contributed by atoms with Crippen LogP contribution in [0.4, 0.5) is 0 Å². The van der Waals surface area contributed by atoms with Crippen molar-refractivity contribution in [2.45, 2.75) is 41.0 Å². The van der Waals surface area contributed by atoms with Crippen molar-refractivity contribution in [2.75, 3.05) is 19.6 Å². The van der Waals surface area contributed by atoms with Gasteiger partial charge in [-0.15, -0.1) is 0 Å². The average Bonchev–Trinajstić information content (AvgIpc) is 2.46. The molecular formula is C18H29NO. The molecule has 0 aliphatic heterocycles. The summed E-state index contributed by atoms with van der Waals surface area (Å²) in [6.07, 6.45) is 1.18. The third kappa shape index (κ3) is 4.75. The zero-order chi connectivity index (χ0) is 15.2. The van der Waals surface area contributed by atoms with E-state index in [1.54, 1.807) is 0 Å². The third-order valence-corrected chi connectivity index (χ3v) is 3.98. The van der Waals surface area contributed by atoms with Gasteiger partial charge in [0.1, 0.15) is 0 Å². The Morgan fingerprint density at radius 1 is 1.20 bits per heavy atom. The van der Waals surface area contributed by atoms with Gasteiger partial charge in [-0.3, -0.25) is 4.79 Å². The fourth-order valence-corrected chi connectivity index (χ4v) is 2.49. The fraction of sp³-hybridized carbons (Fsp3) is 0.611. The predicted molar refractivity (Wildman–Crippen MR) is 86.1 cm³/mol. The van der Waals surface area contributed by atoms with E-state index >= 15 is 0 Å². The van der Waals surface area contributed by atoms with Crippen LogP contribution >= 0.6 is 0 Å². The Morgan fingerprint density at radius 3 is 2.30 bits per heavy atom. The molecule has 0 heterocycles. The molecule has 0 amide bonds. The van der Waals surface area contributed by atoms with Crippen LogP contribution in [0.15, 0.2) is 30.3 Å². The number of ketones is 1. The molecule has 20 heavy (non-hydrogen) atoms. The molecule has 0 saturated heterocycles. The maximum absolute atomic E-state index is 12.6. The summed E-state index contributed by atoms with van der Waals surface area (Å²) in [6, 6.07) is 9.63. The Labute approximate surface area is 124 Å². The second-order valence-electron chi connectivity index (χ2n) is 6.42. The number of benzene rings is 1. The largest absolute Gasteiger partial charge is 0.302 e. The lowest BCUT2D eigenvalue weighted by molar-refractivity contribution is 0.0755. The van der Waals surface area contributed by atoms with Crippen molar-refractivity contribution in [3.05, 3.63) is 35.9 Å². The molecule has 1 atom stereocenters. The lowest BCUT2D eigenvalue weighted by Crippen LogP contribution is -2.41. The van der Waals surface area contributed by atoms with E-state index in [0.717, 1.165) is 25.2 Å². The van der Waals surface area contributed by atoms with Gasteiger partial charge in [-0.2, -0.15) is 0 Å². The molecule has 2 nitrogen and oxygen atoms in total. The molecule has 0 radical (unpaired) electrons. The van der Waals surface area contributed by atoms with E-state index in [1.165, 1.54) is 6.42 Å². The maximum Gasteiger partial charge on any atom is 0.169 e. The molecular weight excluding hydrogens is 246 g/mol. The molecule has 112 valence electrons. The van der Waals surface area contributed by atoms with Gasteiger partial charge in [-0.1, -0.05) is 71.4 Å². The Hall–Kier alpha value is -1.15. The molecule has 1 aromatic carbocycles. The maximum atomic E-state index is 12.6. The first-order chi connectivity index (χ1) is 9.40. The van der Waals surface area contributed by atoms with E-state index in [1.807, 2.05) is 30.3 Å². The summed E-state index contributed by atoms with van der Waals surface area (Å²) < 4.78 is 0. The topological polar surface area (TPSA) is 20.3 Å². The van der Waals surface area contributed by atoms with E-state index in [9.17, 15) is 4.79 Å². The second kappa shape index (κ2) is 7.58. The highest BCUT2D eigenvalue weighted by Gasteiger charge is 2.30. The van der Waals surface area contributed by atoms with Crippen LogP contribution in [0.5, 0.6) is 0 Å². The average molecular weight is 275 g/mol. The molecule has 0 aromatic heterocycles. The van der Waals surface area contributed by atoms with Gasteiger partial charge >= 0.3 is 0 Å². The number of hydrogen-bond donors (Lipinski definition) is 0. The minimum atomic E-state index is -0.342. The van der Waals surface area contributed by atoms with Gasteiger partial charge in [0.05, 0.1) is 0 Å². The van der Waals surface area contributed by atoms with Gasteiger partial charge in [0.2, 0.25) is 0 Å². The van der Waals surface area contributed by atoms with E-state index in [0.29, 0.717) is 5.92 Å². The number of rotatable bonds is 8. The predicted octanol–water partition coefficient (Wildman–Crippen LogP) is 4.26. The van der Waals surface area contributed by atoms with Gasteiger partial charge in [0.15, 0.2) is 5.78 Å². The van der Waals surface area contributed by atoms with E-state index in [4.69, 9.17) is 0 Å². The Morgan fingerprint density at radius 2 is 1.80 bits per heavy atom. The molecule has 2 heteroatoms. The minimum Gasteiger partial charge on any atom is -0.302 e. The number of carbonyl (C=O) groups excluding carboxylic acids is 1.